The van der Waals surface area contributed by atoms with Gasteiger partial charge in [0.25, 0.3) is 5.91 Å². The van der Waals surface area contributed by atoms with Gasteiger partial charge >= 0.3 is 0 Å². The zero-order valence-corrected chi connectivity index (χ0v) is 14.3. The predicted octanol–water partition coefficient (Wildman–Crippen LogP) is 4.39. The Morgan fingerprint density at radius 2 is 1.96 bits per heavy atom. The molecule has 0 bridgehead atoms. The van der Waals surface area contributed by atoms with Crippen LogP contribution in [0.5, 0.6) is 0 Å². The van der Waals surface area contributed by atoms with Crippen LogP contribution in [0.25, 0.3) is 16.9 Å². The fourth-order valence-corrected chi connectivity index (χ4v) is 3.18. The average molecular weight is 364 g/mol. The van der Waals surface area contributed by atoms with Gasteiger partial charge < -0.3 is 0 Å². The molecule has 0 saturated heterocycles. The minimum Gasteiger partial charge on any atom is -0.298 e. The summed E-state index contributed by atoms with van der Waals surface area (Å²) in [5.74, 6) is -0.548. The van der Waals surface area contributed by atoms with Gasteiger partial charge in [-0.25, -0.2) is 14.1 Å². The van der Waals surface area contributed by atoms with E-state index in [1.807, 2.05) is 23.7 Å². The first-order valence-corrected chi connectivity index (χ1v) is 8.70. The summed E-state index contributed by atoms with van der Waals surface area (Å²) in [6, 6.07) is 15.1. The van der Waals surface area contributed by atoms with E-state index in [4.69, 9.17) is 0 Å². The summed E-state index contributed by atoms with van der Waals surface area (Å²) >= 11 is 1.32. The quantitative estimate of drug-likeness (QED) is 0.584. The van der Waals surface area contributed by atoms with Crippen LogP contribution in [0.3, 0.4) is 0 Å². The molecule has 2 heterocycles. The lowest BCUT2D eigenvalue weighted by Crippen LogP contribution is -2.12. The van der Waals surface area contributed by atoms with Crippen molar-refractivity contribution in [2.75, 3.05) is 5.32 Å². The Morgan fingerprint density at radius 3 is 2.73 bits per heavy atom. The number of amides is 1. The standard InChI is InChI=1S/C19H13FN4OS/c20-15-7-5-13(6-8-15)17-12-26-19(22-17)23-18(25)14-3-1-4-16(11-14)24-10-2-9-21-24/h1-12H,(H,22,23,25). The lowest BCUT2D eigenvalue weighted by Gasteiger charge is -2.05. The van der Waals surface area contributed by atoms with Gasteiger partial charge in [-0.15, -0.1) is 11.3 Å². The molecule has 0 aliphatic rings. The van der Waals surface area contributed by atoms with Gasteiger partial charge in [0.15, 0.2) is 5.13 Å². The molecule has 4 aromatic rings. The van der Waals surface area contributed by atoms with E-state index in [9.17, 15) is 9.18 Å². The molecule has 0 radical (unpaired) electrons. The molecule has 0 unspecified atom stereocenters. The molecule has 0 atom stereocenters. The van der Waals surface area contributed by atoms with E-state index in [1.54, 1.807) is 41.2 Å². The van der Waals surface area contributed by atoms with Crippen LogP contribution < -0.4 is 5.32 Å². The Hall–Kier alpha value is -3.32. The first-order chi connectivity index (χ1) is 12.7. The Kier molecular flexibility index (Phi) is 4.28. The molecule has 26 heavy (non-hydrogen) atoms. The molecule has 2 aromatic heterocycles. The zero-order chi connectivity index (χ0) is 17.9. The van der Waals surface area contributed by atoms with Crippen LogP contribution in [-0.2, 0) is 0 Å². The molecule has 7 heteroatoms. The number of carbonyl (C=O) groups is 1. The number of nitrogens with zero attached hydrogens (tertiary/aromatic N) is 3. The van der Waals surface area contributed by atoms with Gasteiger partial charge in [-0.2, -0.15) is 5.10 Å². The molecular weight excluding hydrogens is 351 g/mol. The van der Waals surface area contributed by atoms with Crippen molar-refractivity contribution in [3.05, 3.63) is 83.8 Å². The van der Waals surface area contributed by atoms with Crippen molar-refractivity contribution in [1.29, 1.82) is 0 Å². The molecule has 4 rings (SSSR count). The molecule has 1 amide bonds. The second-order valence-electron chi connectivity index (χ2n) is 5.50. The maximum absolute atomic E-state index is 13.0. The normalized spacial score (nSPS) is 10.7. The Morgan fingerprint density at radius 1 is 1.12 bits per heavy atom. The molecular formula is C19H13FN4OS. The van der Waals surface area contributed by atoms with Crippen LogP contribution in [0.1, 0.15) is 10.4 Å². The van der Waals surface area contributed by atoms with Crippen molar-refractivity contribution in [2.24, 2.45) is 0 Å². The van der Waals surface area contributed by atoms with Gasteiger partial charge in [0.2, 0.25) is 0 Å². The predicted molar refractivity (Wildman–Crippen MR) is 99.0 cm³/mol. The zero-order valence-electron chi connectivity index (χ0n) is 13.5. The first kappa shape index (κ1) is 16.2. The monoisotopic (exact) mass is 364 g/mol. The molecule has 0 aliphatic carbocycles. The second-order valence-corrected chi connectivity index (χ2v) is 6.36. The maximum atomic E-state index is 13.0. The van der Waals surface area contributed by atoms with Crippen molar-refractivity contribution in [3.8, 4) is 16.9 Å². The minimum absolute atomic E-state index is 0.251. The summed E-state index contributed by atoms with van der Waals surface area (Å²) in [5, 5.41) is 9.27. The topological polar surface area (TPSA) is 59.8 Å². The third-order valence-electron chi connectivity index (χ3n) is 3.74. The third-order valence-corrected chi connectivity index (χ3v) is 4.50. The van der Waals surface area contributed by atoms with Crippen molar-refractivity contribution < 1.29 is 9.18 Å². The molecule has 1 N–H and O–H groups in total. The van der Waals surface area contributed by atoms with Crippen LogP contribution in [0.4, 0.5) is 9.52 Å². The van der Waals surface area contributed by atoms with Crippen LogP contribution in [0.15, 0.2) is 72.4 Å². The molecule has 0 saturated carbocycles. The summed E-state index contributed by atoms with van der Waals surface area (Å²) < 4.78 is 14.7. The number of rotatable bonds is 4. The van der Waals surface area contributed by atoms with Gasteiger partial charge in [-0.3, -0.25) is 10.1 Å². The number of hydrogen-bond acceptors (Lipinski definition) is 4. The van der Waals surface area contributed by atoms with E-state index in [-0.39, 0.29) is 11.7 Å². The molecule has 5 nitrogen and oxygen atoms in total. The minimum atomic E-state index is -0.297. The maximum Gasteiger partial charge on any atom is 0.257 e. The number of aromatic nitrogens is 3. The molecule has 0 spiro atoms. The van der Waals surface area contributed by atoms with E-state index in [0.29, 0.717) is 16.4 Å². The highest BCUT2D eigenvalue weighted by Crippen LogP contribution is 2.25. The van der Waals surface area contributed by atoms with E-state index in [1.165, 1.54) is 23.5 Å². The SMILES string of the molecule is O=C(Nc1nc(-c2ccc(F)cc2)cs1)c1cccc(-n2cccn2)c1. The van der Waals surface area contributed by atoms with E-state index < -0.39 is 0 Å². The number of benzene rings is 2. The highest BCUT2D eigenvalue weighted by atomic mass is 32.1. The average Bonchev–Trinajstić information content (AvgIpc) is 3.34. The number of anilines is 1. The Labute approximate surface area is 152 Å². The summed E-state index contributed by atoms with van der Waals surface area (Å²) in [7, 11) is 0. The van der Waals surface area contributed by atoms with Gasteiger partial charge in [0, 0.05) is 28.9 Å². The van der Waals surface area contributed by atoms with E-state index in [2.05, 4.69) is 15.4 Å². The Balaban J connectivity index is 1.52. The number of hydrogen-bond donors (Lipinski definition) is 1. The lowest BCUT2D eigenvalue weighted by molar-refractivity contribution is 0.102. The smallest absolute Gasteiger partial charge is 0.257 e. The fourth-order valence-electron chi connectivity index (χ4n) is 2.46. The lowest BCUT2D eigenvalue weighted by atomic mass is 10.2. The molecule has 0 aliphatic heterocycles. The highest BCUT2D eigenvalue weighted by Gasteiger charge is 2.11. The van der Waals surface area contributed by atoms with E-state index >= 15 is 0 Å². The van der Waals surface area contributed by atoms with E-state index in [0.717, 1.165) is 11.3 Å². The summed E-state index contributed by atoms with van der Waals surface area (Å²) in [6.07, 6.45) is 3.49. The number of carbonyl (C=O) groups excluding carboxylic acids is 1. The number of nitrogens with one attached hydrogen (secondary N) is 1. The van der Waals surface area contributed by atoms with Crippen molar-refractivity contribution in [2.45, 2.75) is 0 Å². The first-order valence-electron chi connectivity index (χ1n) is 7.82. The molecule has 2 aromatic carbocycles. The number of thiazole rings is 1. The van der Waals surface area contributed by atoms with Crippen molar-refractivity contribution >= 4 is 22.4 Å². The van der Waals surface area contributed by atoms with Crippen molar-refractivity contribution in [3.63, 3.8) is 0 Å². The molecule has 0 fully saturated rings. The van der Waals surface area contributed by atoms with Crippen LogP contribution in [-0.4, -0.2) is 20.7 Å². The van der Waals surface area contributed by atoms with Gasteiger partial charge in [-0.05, 0) is 48.5 Å². The largest absolute Gasteiger partial charge is 0.298 e. The second kappa shape index (κ2) is 6.89. The summed E-state index contributed by atoms with van der Waals surface area (Å²) in [6.45, 7) is 0. The van der Waals surface area contributed by atoms with Gasteiger partial charge in [0.1, 0.15) is 5.82 Å². The van der Waals surface area contributed by atoms with Crippen LogP contribution in [0.2, 0.25) is 0 Å². The Bertz CT molecular complexity index is 1040. The number of halogens is 1. The van der Waals surface area contributed by atoms with Crippen molar-refractivity contribution in [1.82, 2.24) is 14.8 Å². The summed E-state index contributed by atoms with van der Waals surface area (Å²) in [5.41, 5.74) is 2.80. The highest BCUT2D eigenvalue weighted by molar-refractivity contribution is 7.14. The van der Waals surface area contributed by atoms with Crippen LogP contribution in [0, 0.1) is 5.82 Å². The third kappa shape index (κ3) is 3.38. The molecule has 128 valence electrons. The van der Waals surface area contributed by atoms with Gasteiger partial charge in [-0.1, -0.05) is 6.07 Å². The fraction of sp³-hybridized carbons (Fsp3) is 0. The van der Waals surface area contributed by atoms with Crippen LogP contribution >= 0.6 is 11.3 Å². The summed E-state index contributed by atoms with van der Waals surface area (Å²) in [4.78, 5) is 16.9. The van der Waals surface area contributed by atoms with Gasteiger partial charge in [0.05, 0.1) is 11.4 Å².